The quantitative estimate of drug-likeness (QED) is 0.831. The fourth-order valence-electron chi connectivity index (χ4n) is 1.96. The Morgan fingerprint density at radius 2 is 2.35 bits per heavy atom. The van der Waals surface area contributed by atoms with Gasteiger partial charge in [0.15, 0.2) is 10.9 Å². The minimum Gasteiger partial charge on any atom is -0.408 e. The third kappa shape index (κ3) is 2.49. The van der Waals surface area contributed by atoms with Gasteiger partial charge < -0.3 is 20.0 Å². The van der Waals surface area contributed by atoms with E-state index in [-0.39, 0.29) is 17.2 Å². The van der Waals surface area contributed by atoms with E-state index < -0.39 is 5.79 Å². The normalized spacial score (nSPS) is 21.4. The SMILES string of the molecule is CC1(C)OC[C@@H](COn2cnc3c(Cl)nc(N)nc32)O1. The van der Waals surface area contributed by atoms with Crippen molar-refractivity contribution < 1.29 is 14.3 Å². The Morgan fingerprint density at radius 3 is 3.05 bits per heavy atom. The highest BCUT2D eigenvalue weighted by atomic mass is 35.5. The molecule has 0 bridgehead atoms. The van der Waals surface area contributed by atoms with Crippen molar-refractivity contribution in [1.29, 1.82) is 0 Å². The molecule has 0 amide bonds. The summed E-state index contributed by atoms with van der Waals surface area (Å²) in [4.78, 5) is 17.6. The summed E-state index contributed by atoms with van der Waals surface area (Å²) >= 11 is 5.93. The second-order valence-corrected chi connectivity index (χ2v) is 5.22. The number of nitrogen functional groups attached to an aromatic ring is 1. The molecule has 1 saturated heterocycles. The van der Waals surface area contributed by atoms with Crippen molar-refractivity contribution in [3.05, 3.63) is 11.5 Å². The molecule has 8 nitrogen and oxygen atoms in total. The average molecular weight is 300 g/mol. The van der Waals surface area contributed by atoms with Crippen molar-refractivity contribution in [1.82, 2.24) is 19.7 Å². The molecule has 1 fully saturated rings. The van der Waals surface area contributed by atoms with E-state index in [4.69, 9.17) is 31.6 Å². The van der Waals surface area contributed by atoms with Gasteiger partial charge in [-0.15, -0.1) is 0 Å². The van der Waals surface area contributed by atoms with Crippen LogP contribution in [0.3, 0.4) is 0 Å². The molecule has 0 unspecified atom stereocenters. The number of imidazole rings is 1. The van der Waals surface area contributed by atoms with Crippen LogP contribution in [0.15, 0.2) is 6.33 Å². The second-order valence-electron chi connectivity index (χ2n) is 4.86. The summed E-state index contributed by atoms with van der Waals surface area (Å²) < 4.78 is 12.5. The van der Waals surface area contributed by atoms with E-state index in [1.165, 1.54) is 11.1 Å². The molecule has 2 aromatic heterocycles. The lowest BCUT2D eigenvalue weighted by Gasteiger charge is -2.17. The van der Waals surface area contributed by atoms with Crippen molar-refractivity contribution in [3.63, 3.8) is 0 Å². The van der Waals surface area contributed by atoms with Crippen LogP contribution in [0.4, 0.5) is 5.95 Å². The molecule has 0 aliphatic carbocycles. The highest BCUT2D eigenvalue weighted by molar-refractivity contribution is 6.33. The minimum absolute atomic E-state index is 0.0643. The molecule has 20 heavy (non-hydrogen) atoms. The molecule has 9 heteroatoms. The number of hydrogen-bond acceptors (Lipinski definition) is 7. The molecule has 3 rings (SSSR count). The molecule has 2 N–H and O–H groups in total. The van der Waals surface area contributed by atoms with Crippen molar-refractivity contribution in [2.45, 2.75) is 25.7 Å². The Kier molecular flexibility index (Phi) is 3.15. The fraction of sp³-hybridized carbons (Fsp3) is 0.545. The predicted molar refractivity (Wildman–Crippen MR) is 71.1 cm³/mol. The van der Waals surface area contributed by atoms with E-state index in [1.807, 2.05) is 13.8 Å². The maximum absolute atomic E-state index is 5.93. The van der Waals surface area contributed by atoms with Crippen LogP contribution in [0.25, 0.3) is 11.2 Å². The fourth-order valence-corrected chi connectivity index (χ4v) is 2.18. The number of ether oxygens (including phenoxy) is 2. The van der Waals surface area contributed by atoms with E-state index in [0.29, 0.717) is 24.4 Å². The van der Waals surface area contributed by atoms with Crippen LogP contribution in [0.1, 0.15) is 13.8 Å². The van der Waals surface area contributed by atoms with Gasteiger partial charge in [0.05, 0.1) is 6.61 Å². The zero-order valence-electron chi connectivity index (χ0n) is 11.0. The zero-order valence-corrected chi connectivity index (χ0v) is 11.8. The molecule has 0 radical (unpaired) electrons. The van der Waals surface area contributed by atoms with Gasteiger partial charge in [0.2, 0.25) is 11.6 Å². The maximum atomic E-state index is 5.93. The van der Waals surface area contributed by atoms with Gasteiger partial charge in [0.25, 0.3) is 0 Å². The highest BCUT2D eigenvalue weighted by Crippen LogP contribution is 2.22. The van der Waals surface area contributed by atoms with Crippen LogP contribution >= 0.6 is 11.6 Å². The predicted octanol–water partition coefficient (Wildman–Crippen LogP) is 0.642. The molecule has 0 aromatic carbocycles. The number of hydrogen-bond donors (Lipinski definition) is 1. The molecule has 0 saturated carbocycles. The Labute approximate surface area is 119 Å². The molecule has 1 aliphatic heterocycles. The highest BCUT2D eigenvalue weighted by Gasteiger charge is 2.33. The standard InChI is InChI=1S/C11H14ClN5O3/c1-11(2)18-3-6(20-11)4-19-17-5-14-7-8(12)15-10(13)16-9(7)17/h5-6H,3-4H2,1-2H3,(H2,13,15,16)/t6-/m0/s1. The lowest BCUT2D eigenvalue weighted by molar-refractivity contribution is -0.145. The second kappa shape index (κ2) is 4.72. The molecule has 1 atom stereocenters. The lowest BCUT2D eigenvalue weighted by atomic mass is 10.4. The summed E-state index contributed by atoms with van der Waals surface area (Å²) in [5, 5.41) is 0.191. The summed E-state index contributed by atoms with van der Waals surface area (Å²) in [7, 11) is 0. The smallest absolute Gasteiger partial charge is 0.223 e. The summed E-state index contributed by atoms with van der Waals surface area (Å²) in [6.45, 7) is 4.48. The Bertz CT molecular complexity index is 644. The first-order valence-corrected chi connectivity index (χ1v) is 6.43. The molecule has 1 aliphatic rings. The van der Waals surface area contributed by atoms with Crippen molar-refractivity contribution >= 4 is 28.7 Å². The van der Waals surface area contributed by atoms with Crippen LogP contribution in [0, 0.1) is 0 Å². The number of halogens is 1. The number of fused-ring (bicyclic) bond motifs is 1. The summed E-state index contributed by atoms with van der Waals surface area (Å²) in [5.74, 6) is -0.518. The van der Waals surface area contributed by atoms with Crippen LogP contribution in [-0.2, 0) is 9.47 Å². The van der Waals surface area contributed by atoms with Gasteiger partial charge in [-0.05, 0) is 13.8 Å². The van der Waals surface area contributed by atoms with Gasteiger partial charge >= 0.3 is 0 Å². The first-order valence-electron chi connectivity index (χ1n) is 6.06. The molecule has 108 valence electrons. The van der Waals surface area contributed by atoms with Crippen molar-refractivity contribution in [3.8, 4) is 0 Å². The number of nitrogens with two attached hydrogens (primary N) is 1. The Hall–Kier alpha value is -1.64. The molecule has 3 heterocycles. The van der Waals surface area contributed by atoms with Crippen LogP contribution in [0.2, 0.25) is 5.15 Å². The monoisotopic (exact) mass is 299 g/mol. The number of aromatic nitrogens is 4. The first kappa shape index (κ1) is 13.3. The third-order valence-electron chi connectivity index (χ3n) is 2.81. The van der Waals surface area contributed by atoms with Gasteiger partial charge in [-0.2, -0.15) is 14.7 Å². The number of anilines is 1. The number of rotatable bonds is 3. The van der Waals surface area contributed by atoms with Crippen LogP contribution < -0.4 is 10.6 Å². The average Bonchev–Trinajstić information content (AvgIpc) is 2.90. The van der Waals surface area contributed by atoms with E-state index >= 15 is 0 Å². The Balaban J connectivity index is 1.75. The van der Waals surface area contributed by atoms with E-state index in [9.17, 15) is 0 Å². The molecular formula is C11H14ClN5O3. The molecule has 2 aromatic rings. The topological polar surface area (TPSA) is 97.3 Å². The van der Waals surface area contributed by atoms with Gasteiger partial charge in [-0.1, -0.05) is 11.6 Å². The maximum Gasteiger partial charge on any atom is 0.223 e. The van der Waals surface area contributed by atoms with Crippen LogP contribution in [-0.4, -0.2) is 44.8 Å². The first-order chi connectivity index (χ1) is 9.44. The molecular weight excluding hydrogens is 286 g/mol. The summed E-state index contributed by atoms with van der Waals surface area (Å²) in [6, 6.07) is 0. The van der Waals surface area contributed by atoms with Crippen molar-refractivity contribution in [2.24, 2.45) is 0 Å². The summed E-state index contributed by atoms with van der Waals surface area (Å²) in [5.41, 5.74) is 6.41. The number of nitrogens with zero attached hydrogens (tertiary/aromatic N) is 4. The van der Waals surface area contributed by atoms with E-state index in [1.54, 1.807) is 0 Å². The van der Waals surface area contributed by atoms with Gasteiger partial charge in [-0.25, -0.2) is 4.98 Å². The summed E-state index contributed by atoms with van der Waals surface area (Å²) in [6.07, 6.45) is 1.31. The van der Waals surface area contributed by atoms with Crippen LogP contribution in [0.5, 0.6) is 0 Å². The third-order valence-corrected chi connectivity index (χ3v) is 3.07. The van der Waals surface area contributed by atoms with Crippen molar-refractivity contribution in [2.75, 3.05) is 18.9 Å². The largest absolute Gasteiger partial charge is 0.408 e. The van der Waals surface area contributed by atoms with Gasteiger partial charge in [0, 0.05) is 0 Å². The van der Waals surface area contributed by atoms with Gasteiger partial charge in [-0.3, -0.25) is 0 Å². The van der Waals surface area contributed by atoms with E-state index in [0.717, 1.165) is 0 Å². The van der Waals surface area contributed by atoms with Gasteiger partial charge in [0.1, 0.15) is 24.6 Å². The lowest BCUT2D eigenvalue weighted by Crippen LogP contribution is -2.28. The minimum atomic E-state index is -0.582. The van der Waals surface area contributed by atoms with E-state index in [2.05, 4.69) is 15.0 Å². The Morgan fingerprint density at radius 1 is 1.55 bits per heavy atom. The molecule has 0 spiro atoms. The zero-order chi connectivity index (χ0) is 14.3.